The quantitative estimate of drug-likeness (QED) is 0.589. The number of nitrogens with one attached hydrogen (secondary N) is 1. The Balaban J connectivity index is 3.94. The third-order valence-corrected chi connectivity index (χ3v) is 2.15. The lowest BCUT2D eigenvalue weighted by Crippen LogP contribution is -2.41. The molecule has 3 nitrogen and oxygen atoms in total. The van der Waals surface area contributed by atoms with E-state index in [9.17, 15) is 4.79 Å². The van der Waals surface area contributed by atoms with Gasteiger partial charge >= 0.3 is 5.97 Å². The number of carboxylic acids is 1. The molecule has 0 aliphatic rings. The monoisotopic (exact) mass is 199 g/mol. The Morgan fingerprint density at radius 2 is 2.29 bits per heavy atom. The summed E-state index contributed by atoms with van der Waals surface area (Å²) in [5, 5.41) is 12.0. The number of aliphatic carboxylic acids is 1. The van der Waals surface area contributed by atoms with Crippen LogP contribution in [0.2, 0.25) is 0 Å². The molecule has 0 rings (SSSR count). The first kappa shape index (κ1) is 13.2. The largest absolute Gasteiger partial charge is 0.480 e. The summed E-state index contributed by atoms with van der Waals surface area (Å²) >= 11 is 0. The van der Waals surface area contributed by atoms with Gasteiger partial charge < -0.3 is 10.4 Å². The number of unbranched alkanes of at least 4 members (excludes halogenated alkanes) is 1. The number of rotatable bonds is 8. The van der Waals surface area contributed by atoms with Crippen molar-refractivity contribution in [2.45, 2.75) is 51.6 Å². The predicted octanol–water partition coefficient (Wildman–Crippen LogP) is 2.18. The highest BCUT2D eigenvalue weighted by molar-refractivity contribution is 5.73. The first-order chi connectivity index (χ1) is 6.61. The molecule has 3 heteroatoms. The van der Waals surface area contributed by atoms with E-state index in [1.807, 2.05) is 6.92 Å². The molecule has 0 bridgehead atoms. The first-order valence-electron chi connectivity index (χ1n) is 5.21. The number of carbonyl (C=O) groups is 1. The molecule has 2 N–H and O–H groups in total. The lowest BCUT2D eigenvalue weighted by molar-refractivity contribution is -0.139. The van der Waals surface area contributed by atoms with Gasteiger partial charge in [-0.2, -0.15) is 0 Å². The van der Waals surface area contributed by atoms with Gasteiger partial charge in [-0.25, -0.2) is 0 Å². The minimum absolute atomic E-state index is 0.186. The Hall–Kier alpha value is -0.830. The van der Waals surface area contributed by atoms with Gasteiger partial charge in [0.25, 0.3) is 0 Å². The van der Waals surface area contributed by atoms with Crippen LogP contribution in [0, 0.1) is 0 Å². The molecule has 14 heavy (non-hydrogen) atoms. The molecule has 2 unspecified atom stereocenters. The van der Waals surface area contributed by atoms with Crippen molar-refractivity contribution in [3.63, 3.8) is 0 Å². The van der Waals surface area contributed by atoms with E-state index in [0.717, 1.165) is 19.3 Å². The summed E-state index contributed by atoms with van der Waals surface area (Å²) < 4.78 is 0. The molecule has 82 valence electrons. The molecule has 0 saturated carbocycles. The molecule has 0 aromatic rings. The van der Waals surface area contributed by atoms with E-state index in [0.29, 0.717) is 6.42 Å². The van der Waals surface area contributed by atoms with Crippen LogP contribution < -0.4 is 5.32 Å². The molecule has 0 heterocycles. The summed E-state index contributed by atoms with van der Waals surface area (Å²) in [6, 6.07) is -0.227. The zero-order valence-corrected chi connectivity index (χ0v) is 9.12. The molecule has 0 aromatic heterocycles. The normalized spacial score (nSPS) is 14.7. The van der Waals surface area contributed by atoms with Gasteiger partial charge in [-0.3, -0.25) is 4.79 Å². The first-order valence-corrected chi connectivity index (χ1v) is 5.21. The Labute approximate surface area is 86.2 Å². The van der Waals surface area contributed by atoms with E-state index in [-0.39, 0.29) is 6.04 Å². The van der Waals surface area contributed by atoms with Crippen LogP contribution in [0.25, 0.3) is 0 Å². The van der Waals surface area contributed by atoms with Crippen molar-refractivity contribution in [1.29, 1.82) is 0 Å². The molecule has 0 spiro atoms. The fourth-order valence-electron chi connectivity index (χ4n) is 1.35. The van der Waals surface area contributed by atoms with Gasteiger partial charge in [0.15, 0.2) is 0 Å². The maximum Gasteiger partial charge on any atom is 0.320 e. The summed E-state index contributed by atoms with van der Waals surface area (Å²) in [4.78, 5) is 10.9. The van der Waals surface area contributed by atoms with Crippen molar-refractivity contribution in [2.24, 2.45) is 0 Å². The maximum absolute atomic E-state index is 10.9. The smallest absolute Gasteiger partial charge is 0.320 e. The van der Waals surface area contributed by atoms with E-state index >= 15 is 0 Å². The zero-order chi connectivity index (χ0) is 11.0. The summed E-state index contributed by atoms with van der Waals surface area (Å²) in [6.45, 7) is 7.66. The number of hydrogen-bond donors (Lipinski definition) is 2. The third kappa shape index (κ3) is 5.75. The highest BCUT2D eigenvalue weighted by atomic mass is 16.4. The molecule has 2 atom stereocenters. The van der Waals surface area contributed by atoms with Gasteiger partial charge in [-0.05, 0) is 19.8 Å². The Morgan fingerprint density at radius 3 is 2.71 bits per heavy atom. The molecule has 0 aromatic carbocycles. The van der Waals surface area contributed by atoms with Gasteiger partial charge in [0, 0.05) is 6.04 Å². The van der Waals surface area contributed by atoms with Crippen LogP contribution in [0.5, 0.6) is 0 Å². The van der Waals surface area contributed by atoms with Crippen molar-refractivity contribution in [3.8, 4) is 0 Å². The van der Waals surface area contributed by atoms with Gasteiger partial charge in [-0.15, -0.1) is 6.58 Å². The van der Waals surface area contributed by atoms with Gasteiger partial charge in [-0.1, -0.05) is 25.8 Å². The number of hydrogen-bond acceptors (Lipinski definition) is 2. The van der Waals surface area contributed by atoms with E-state index in [2.05, 4.69) is 18.8 Å². The average molecular weight is 199 g/mol. The predicted molar refractivity (Wildman–Crippen MR) is 58.4 cm³/mol. The minimum atomic E-state index is -0.755. The Bertz CT molecular complexity index is 180. The topological polar surface area (TPSA) is 49.3 Å². The second-order valence-corrected chi connectivity index (χ2v) is 3.63. The van der Waals surface area contributed by atoms with Crippen LogP contribution in [0.3, 0.4) is 0 Å². The van der Waals surface area contributed by atoms with Crippen molar-refractivity contribution in [3.05, 3.63) is 12.7 Å². The molecule has 0 saturated heterocycles. The third-order valence-electron chi connectivity index (χ3n) is 2.15. The second-order valence-electron chi connectivity index (χ2n) is 3.63. The molecular formula is C11H21NO2. The van der Waals surface area contributed by atoms with Crippen molar-refractivity contribution in [2.75, 3.05) is 0 Å². The van der Waals surface area contributed by atoms with E-state index in [4.69, 9.17) is 5.11 Å². The van der Waals surface area contributed by atoms with Crippen LogP contribution in [0.1, 0.15) is 39.5 Å². The highest BCUT2D eigenvalue weighted by Crippen LogP contribution is 2.03. The van der Waals surface area contributed by atoms with Crippen LogP contribution in [-0.2, 0) is 4.79 Å². The lowest BCUT2D eigenvalue weighted by atomic mass is 10.1. The summed E-state index contributed by atoms with van der Waals surface area (Å²) in [7, 11) is 0. The summed E-state index contributed by atoms with van der Waals surface area (Å²) in [5.41, 5.74) is 0. The van der Waals surface area contributed by atoms with Crippen LogP contribution in [-0.4, -0.2) is 23.2 Å². The van der Waals surface area contributed by atoms with Crippen LogP contribution >= 0.6 is 0 Å². The maximum atomic E-state index is 10.9. The van der Waals surface area contributed by atoms with E-state index < -0.39 is 12.0 Å². The highest BCUT2D eigenvalue weighted by Gasteiger charge is 2.17. The molecule has 0 radical (unpaired) electrons. The Morgan fingerprint density at radius 1 is 1.64 bits per heavy atom. The zero-order valence-electron chi connectivity index (χ0n) is 9.12. The summed E-state index contributed by atoms with van der Waals surface area (Å²) in [6.07, 6.45) is 5.28. The van der Waals surface area contributed by atoms with Crippen molar-refractivity contribution >= 4 is 5.97 Å². The van der Waals surface area contributed by atoms with Gasteiger partial charge in [0.05, 0.1) is 0 Å². The fraction of sp³-hybridized carbons (Fsp3) is 0.727. The van der Waals surface area contributed by atoms with Crippen LogP contribution in [0.15, 0.2) is 12.7 Å². The minimum Gasteiger partial charge on any atom is -0.480 e. The molecular weight excluding hydrogens is 178 g/mol. The van der Waals surface area contributed by atoms with Gasteiger partial charge in [0.1, 0.15) is 6.04 Å². The molecule has 0 amide bonds. The Kier molecular flexibility index (Phi) is 7.11. The van der Waals surface area contributed by atoms with Gasteiger partial charge in [0.2, 0.25) is 0 Å². The molecule has 0 aliphatic carbocycles. The number of carboxylic acid groups (broad SMARTS) is 1. The van der Waals surface area contributed by atoms with Crippen molar-refractivity contribution in [1.82, 2.24) is 5.32 Å². The summed E-state index contributed by atoms with van der Waals surface area (Å²) in [5.74, 6) is -0.755. The van der Waals surface area contributed by atoms with E-state index in [1.54, 1.807) is 6.08 Å². The van der Waals surface area contributed by atoms with Crippen molar-refractivity contribution < 1.29 is 9.90 Å². The second kappa shape index (κ2) is 7.56. The van der Waals surface area contributed by atoms with Crippen LogP contribution in [0.4, 0.5) is 0 Å². The average Bonchev–Trinajstić information content (AvgIpc) is 2.12. The SMILES string of the molecule is C=CCC(C)NC(CCCC)C(=O)O. The van der Waals surface area contributed by atoms with E-state index in [1.165, 1.54) is 0 Å². The molecule has 0 fully saturated rings. The fourth-order valence-corrected chi connectivity index (χ4v) is 1.35. The molecule has 0 aliphatic heterocycles. The lowest BCUT2D eigenvalue weighted by Gasteiger charge is -2.18. The standard InChI is InChI=1S/C11H21NO2/c1-4-6-8-10(11(13)14)12-9(3)7-5-2/h5,9-10,12H,2,4,6-8H2,1,3H3,(H,13,14).